The zero-order valence-electron chi connectivity index (χ0n) is 27.4. The lowest BCUT2D eigenvalue weighted by Crippen LogP contribution is -2.45. The van der Waals surface area contributed by atoms with Crippen LogP contribution in [0.25, 0.3) is 11.3 Å². The van der Waals surface area contributed by atoms with Gasteiger partial charge in [0.05, 0.1) is 23.7 Å². The standard InChI is InChI=1S/C33H41F3N6O5/c1-7-45-29(43)25(39-31(44)47-32(4,5)6)17-21-9-11-22(12-10-21)24-18-27(40-30(37)38-24)46-28(33(34,35)36)23-13-8-19(2)16-26(23)42-15-14-20(3)41-42/h8,11,13-16,18,21,25,28H,7,9-10,12,17H2,1-6H3,(H,39,44)(H2,37,38,40)/t21?,25-,28+/m0/s1. The second-order valence-electron chi connectivity index (χ2n) is 12.5. The number of alkyl carbamates (subject to hydrolysis) is 1. The summed E-state index contributed by atoms with van der Waals surface area (Å²) >= 11 is 0. The lowest BCUT2D eigenvalue weighted by molar-refractivity contribution is -0.198. The lowest BCUT2D eigenvalue weighted by atomic mass is 9.84. The molecule has 47 heavy (non-hydrogen) atoms. The predicted molar refractivity (Wildman–Crippen MR) is 169 cm³/mol. The number of anilines is 1. The number of esters is 1. The number of carbonyl (C=O) groups excluding carboxylic acids is 2. The number of halogens is 3. The van der Waals surface area contributed by atoms with Crippen LogP contribution in [0.4, 0.5) is 23.9 Å². The minimum absolute atomic E-state index is 0.00139. The Hall–Kier alpha value is -4.62. The number of amides is 1. The van der Waals surface area contributed by atoms with E-state index in [9.17, 15) is 22.8 Å². The number of allylic oxidation sites excluding steroid dienone is 2. The molecule has 0 spiro atoms. The van der Waals surface area contributed by atoms with Crippen LogP contribution in [0.5, 0.6) is 5.88 Å². The number of carbonyl (C=O) groups is 2. The second kappa shape index (κ2) is 14.4. The van der Waals surface area contributed by atoms with Gasteiger partial charge in [0.2, 0.25) is 17.9 Å². The Labute approximate surface area is 271 Å². The highest BCUT2D eigenvalue weighted by molar-refractivity contribution is 5.81. The Morgan fingerprint density at radius 1 is 1.13 bits per heavy atom. The average Bonchev–Trinajstić information content (AvgIpc) is 3.40. The van der Waals surface area contributed by atoms with Crippen LogP contribution in [0.2, 0.25) is 0 Å². The summed E-state index contributed by atoms with van der Waals surface area (Å²) in [6.45, 7) is 10.5. The molecule has 1 amide bonds. The molecule has 0 bridgehead atoms. The van der Waals surface area contributed by atoms with E-state index >= 15 is 0 Å². The normalized spacial score (nSPS) is 16.5. The number of aromatic nitrogens is 4. The SMILES string of the molecule is CCOC(=O)[C@H](CC1CC=C(c2cc(O[C@H](c3ccc(C)cc3-n3ccc(C)n3)C(F)(F)F)nc(N)n2)CC1)NC(=O)OC(C)(C)C. The molecule has 1 aliphatic carbocycles. The van der Waals surface area contributed by atoms with Gasteiger partial charge in [-0.3, -0.25) is 0 Å². The number of hydrogen-bond donors (Lipinski definition) is 2. The molecule has 4 rings (SSSR count). The van der Waals surface area contributed by atoms with Gasteiger partial charge in [-0.25, -0.2) is 19.3 Å². The summed E-state index contributed by atoms with van der Waals surface area (Å²) in [6.07, 6.45) is -2.47. The maximum atomic E-state index is 14.6. The Bertz CT molecular complexity index is 1610. The van der Waals surface area contributed by atoms with Crippen molar-refractivity contribution in [1.82, 2.24) is 25.1 Å². The number of benzene rings is 1. The molecule has 1 aliphatic rings. The molecular weight excluding hydrogens is 617 g/mol. The molecule has 14 heteroatoms. The van der Waals surface area contributed by atoms with Crippen molar-refractivity contribution in [2.45, 2.75) is 91.1 Å². The van der Waals surface area contributed by atoms with Crippen molar-refractivity contribution in [3.05, 3.63) is 65.1 Å². The van der Waals surface area contributed by atoms with Crippen molar-refractivity contribution >= 4 is 23.6 Å². The third-order valence-corrected chi connectivity index (χ3v) is 7.37. The van der Waals surface area contributed by atoms with Crippen molar-refractivity contribution in [2.24, 2.45) is 5.92 Å². The molecule has 1 unspecified atom stereocenters. The van der Waals surface area contributed by atoms with E-state index in [2.05, 4.69) is 20.4 Å². The van der Waals surface area contributed by atoms with Gasteiger partial charge in [-0.15, -0.1) is 0 Å². The summed E-state index contributed by atoms with van der Waals surface area (Å²) in [6, 6.07) is 6.70. The van der Waals surface area contributed by atoms with Gasteiger partial charge in [-0.2, -0.15) is 23.3 Å². The zero-order valence-corrected chi connectivity index (χ0v) is 27.4. The summed E-state index contributed by atoms with van der Waals surface area (Å²) in [5.41, 5.74) is 7.79. The Morgan fingerprint density at radius 3 is 2.47 bits per heavy atom. The van der Waals surface area contributed by atoms with E-state index in [1.165, 1.54) is 16.8 Å². The quantitative estimate of drug-likeness (QED) is 0.231. The largest absolute Gasteiger partial charge is 0.464 e. The molecule has 3 aromatic rings. The van der Waals surface area contributed by atoms with Gasteiger partial charge in [-0.1, -0.05) is 18.2 Å². The smallest absolute Gasteiger partial charge is 0.429 e. The number of nitrogens with zero attached hydrogens (tertiary/aromatic N) is 4. The molecule has 2 aromatic heterocycles. The topological polar surface area (TPSA) is 143 Å². The third-order valence-electron chi connectivity index (χ3n) is 7.37. The number of nitrogen functional groups attached to an aromatic ring is 1. The van der Waals surface area contributed by atoms with Gasteiger partial charge < -0.3 is 25.3 Å². The second-order valence-corrected chi connectivity index (χ2v) is 12.5. The van der Waals surface area contributed by atoms with Crippen molar-refractivity contribution in [3.8, 4) is 11.6 Å². The molecule has 1 aromatic carbocycles. The molecule has 0 radical (unpaired) electrons. The Kier molecular flexibility index (Phi) is 10.8. The van der Waals surface area contributed by atoms with E-state index in [0.717, 1.165) is 11.1 Å². The number of nitrogens with two attached hydrogens (primary N) is 1. The van der Waals surface area contributed by atoms with E-state index in [1.807, 2.05) is 6.08 Å². The number of aryl methyl sites for hydroxylation is 2. The minimum Gasteiger partial charge on any atom is -0.464 e. The minimum atomic E-state index is -4.80. The summed E-state index contributed by atoms with van der Waals surface area (Å²) in [5, 5.41) is 6.92. The number of alkyl halides is 3. The van der Waals surface area contributed by atoms with Crippen LogP contribution in [-0.2, 0) is 14.3 Å². The van der Waals surface area contributed by atoms with Gasteiger partial charge in [0, 0.05) is 17.8 Å². The fourth-order valence-electron chi connectivity index (χ4n) is 5.29. The van der Waals surface area contributed by atoms with E-state index < -0.39 is 36.0 Å². The first-order valence-corrected chi connectivity index (χ1v) is 15.4. The van der Waals surface area contributed by atoms with E-state index in [4.69, 9.17) is 19.9 Å². The van der Waals surface area contributed by atoms with Crippen LogP contribution in [0.15, 0.2) is 42.6 Å². The monoisotopic (exact) mass is 658 g/mol. The van der Waals surface area contributed by atoms with Gasteiger partial charge in [0.1, 0.15) is 11.6 Å². The first kappa shape index (κ1) is 35.2. The highest BCUT2D eigenvalue weighted by Gasteiger charge is 2.45. The van der Waals surface area contributed by atoms with Crippen LogP contribution < -0.4 is 15.8 Å². The predicted octanol–water partition coefficient (Wildman–Crippen LogP) is 6.57. The zero-order chi connectivity index (χ0) is 34.5. The summed E-state index contributed by atoms with van der Waals surface area (Å²) < 4.78 is 61.1. The highest BCUT2D eigenvalue weighted by Crippen LogP contribution is 2.40. The van der Waals surface area contributed by atoms with Crippen LogP contribution >= 0.6 is 0 Å². The van der Waals surface area contributed by atoms with Crippen LogP contribution in [0.3, 0.4) is 0 Å². The Morgan fingerprint density at radius 2 is 1.87 bits per heavy atom. The van der Waals surface area contributed by atoms with Gasteiger partial charge >= 0.3 is 18.2 Å². The Balaban J connectivity index is 1.54. The molecule has 2 heterocycles. The van der Waals surface area contributed by atoms with Gasteiger partial charge in [0.25, 0.3) is 0 Å². The third kappa shape index (κ3) is 9.69. The molecular formula is C33H41F3N6O5. The number of nitrogens with one attached hydrogen (secondary N) is 1. The van der Waals surface area contributed by atoms with Crippen LogP contribution in [-0.4, -0.2) is 56.2 Å². The van der Waals surface area contributed by atoms with E-state index in [0.29, 0.717) is 37.1 Å². The van der Waals surface area contributed by atoms with Crippen molar-refractivity contribution in [2.75, 3.05) is 12.3 Å². The fourth-order valence-corrected chi connectivity index (χ4v) is 5.29. The molecule has 3 N–H and O–H groups in total. The highest BCUT2D eigenvalue weighted by atomic mass is 19.4. The van der Waals surface area contributed by atoms with Crippen molar-refractivity contribution in [1.29, 1.82) is 0 Å². The van der Waals surface area contributed by atoms with Crippen LogP contribution in [0, 0.1) is 19.8 Å². The summed E-state index contributed by atoms with van der Waals surface area (Å²) in [4.78, 5) is 33.2. The van der Waals surface area contributed by atoms with E-state index in [-0.39, 0.29) is 35.6 Å². The van der Waals surface area contributed by atoms with Gasteiger partial charge in [-0.05, 0) is 96.4 Å². The molecule has 11 nitrogen and oxygen atoms in total. The summed E-state index contributed by atoms with van der Waals surface area (Å²) in [7, 11) is 0. The molecule has 0 saturated carbocycles. The fraction of sp³-hybridized carbons (Fsp3) is 0.485. The van der Waals surface area contributed by atoms with Crippen molar-refractivity contribution < 1.29 is 37.0 Å². The van der Waals surface area contributed by atoms with Crippen LogP contribution in [0.1, 0.15) is 82.0 Å². The molecule has 254 valence electrons. The molecule has 0 saturated heterocycles. The van der Waals surface area contributed by atoms with E-state index in [1.54, 1.807) is 65.9 Å². The molecule has 3 atom stereocenters. The van der Waals surface area contributed by atoms with Crippen molar-refractivity contribution in [3.63, 3.8) is 0 Å². The molecule has 0 fully saturated rings. The first-order chi connectivity index (χ1) is 22.0. The lowest BCUT2D eigenvalue weighted by Gasteiger charge is -2.27. The maximum Gasteiger partial charge on any atom is 0.429 e. The first-order valence-electron chi connectivity index (χ1n) is 15.4. The number of hydrogen-bond acceptors (Lipinski definition) is 9. The average molecular weight is 659 g/mol. The van der Waals surface area contributed by atoms with Gasteiger partial charge in [0.15, 0.2) is 0 Å². The molecule has 0 aliphatic heterocycles. The maximum absolute atomic E-state index is 14.6. The summed E-state index contributed by atoms with van der Waals surface area (Å²) in [5.74, 6) is -1.13. The number of ether oxygens (including phenoxy) is 3. The number of rotatable bonds is 10.